The van der Waals surface area contributed by atoms with Gasteiger partial charge in [0.05, 0.1) is 12.7 Å². The first-order valence-electron chi connectivity index (χ1n) is 6.89. The van der Waals surface area contributed by atoms with Gasteiger partial charge in [-0.25, -0.2) is 9.78 Å². The van der Waals surface area contributed by atoms with Crippen LogP contribution >= 0.6 is 0 Å². The first-order chi connectivity index (χ1) is 9.53. The zero-order valence-electron chi connectivity index (χ0n) is 12.3. The number of carbonyl (C=O) groups is 1. The second-order valence-corrected chi connectivity index (χ2v) is 5.68. The lowest BCUT2D eigenvalue weighted by molar-refractivity contribution is -0.0813. The van der Waals surface area contributed by atoms with E-state index in [2.05, 4.69) is 23.7 Å². The summed E-state index contributed by atoms with van der Waals surface area (Å²) in [5.74, 6) is -0.361. The van der Waals surface area contributed by atoms with Crippen LogP contribution in [-0.2, 0) is 9.47 Å². The number of nitrogens with zero attached hydrogens (tertiary/aromatic N) is 2. The lowest BCUT2D eigenvalue weighted by Gasteiger charge is -2.48. The van der Waals surface area contributed by atoms with Crippen LogP contribution in [0.1, 0.15) is 30.8 Å². The normalized spacial score (nSPS) is 16.8. The second-order valence-electron chi connectivity index (χ2n) is 5.68. The lowest BCUT2D eigenvalue weighted by Crippen LogP contribution is -2.60. The predicted molar refractivity (Wildman–Crippen MR) is 75.6 cm³/mol. The maximum atomic E-state index is 11.8. The highest BCUT2D eigenvalue weighted by Gasteiger charge is 2.37. The number of pyridine rings is 1. The summed E-state index contributed by atoms with van der Waals surface area (Å²) in [5, 5.41) is 0. The number of likely N-dealkylation sites (tertiary alicyclic amines) is 1. The van der Waals surface area contributed by atoms with E-state index in [1.807, 2.05) is 0 Å². The number of hydrogen-bond acceptors (Lipinski definition) is 5. The standard InChI is InChI=1S/C15H22N2O3/c1-15(2,17-10-12(11-17)19-3)7-9-20-14(18)13-6-4-5-8-16-13/h4-6,8,12H,7,9-11H2,1-3H3. The zero-order chi connectivity index (χ0) is 14.6. The molecule has 0 aliphatic carbocycles. The number of esters is 1. The van der Waals surface area contributed by atoms with Crippen molar-refractivity contribution in [3.63, 3.8) is 0 Å². The van der Waals surface area contributed by atoms with Gasteiger partial charge in [0.2, 0.25) is 0 Å². The highest BCUT2D eigenvalue weighted by Crippen LogP contribution is 2.26. The summed E-state index contributed by atoms with van der Waals surface area (Å²) in [4.78, 5) is 18.1. The van der Waals surface area contributed by atoms with Gasteiger partial charge >= 0.3 is 5.97 Å². The molecule has 0 amide bonds. The van der Waals surface area contributed by atoms with Crippen molar-refractivity contribution in [2.75, 3.05) is 26.8 Å². The maximum absolute atomic E-state index is 11.8. The van der Waals surface area contributed by atoms with Gasteiger partial charge in [0.1, 0.15) is 5.69 Å². The summed E-state index contributed by atoms with van der Waals surface area (Å²) < 4.78 is 10.6. The topological polar surface area (TPSA) is 51.7 Å². The molecular formula is C15H22N2O3. The van der Waals surface area contributed by atoms with Crippen molar-refractivity contribution in [1.82, 2.24) is 9.88 Å². The molecule has 0 bridgehead atoms. The maximum Gasteiger partial charge on any atom is 0.356 e. The molecule has 20 heavy (non-hydrogen) atoms. The Kier molecular flexibility index (Phi) is 4.73. The number of carbonyl (C=O) groups excluding carboxylic acids is 1. The van der Waals surface area contributed by atoms with Crippen molar-refractivity contribution in [2.24, 2.45) is 0 Å². The average molecular weight is 278 g/mol. The first kappa shape index (κ1) is 14.9. The van der Waals surface area contributed by atoms with Crippen LogP contribution in [0, 0.1) is 0 Å². The molecule has 2 rings (SSSR count). The van der Waals surface area contributed by atoms with E-state index >= 15 is 0 Å². The number of hydrogen-bond donors (Lipinski definition) is 0. The van der Waals surface area contributed by atoms with Crippen molar-refractivity contribution in [3.8, 4) is 0 Å². The van der Waals surface area contributed by atoms with Crippen molar-refractivity contribution >= 4 is 5.97 Å². The Labute approximate surface area is 119 Å². The number of rotatable bonds is 6. The molecule has 0 saturated carbocycles. The SMILES string of the molecule is COC1CN(C(C)(C)CCOC(=O)c2ccccn2)C1. The summed E-state index contributed by atoms with van der Waals surface area (Å²) in [7, 11) is 1.74. The van der Waals surface area contributed by atoms with E-state index < -0.39 is 0 Å². The fourth-order valence-electron chi connectivity index (χ4n) is 2.19. The molecule has 1 aromatic rings. The van der Waals surface area contributed by atoms with E-state index in [1.54, 1.807) is 31.5 Å². The van der Waals surface area contributed by atoms with Gasteiger partial charge in [-0.2, -0.15) is 0 Å². The molecular weight excluding hydrogens is 256 g/mol. The number of methoxy groups -OCH3 is 1. The van der Waals surface area contributed by atoms with Gasteiger partial charge in [-0.1, -0.05) is 6.07 Å². The third kappa shape index (κ3) is 3.55. The Morgan fingerprint density at radius 2 is 2.20 bits per heavy atom. The minimum atomic E-state index is -0.361. The van der Waals surface area contributed by atoms with Crippen LogP contribution in [0.4, 0.5) is 0 Å². The molecule has 1 aliphatic heterocycles. The summed E-state index contributed by atoms with van der Waals surface area (Å²) in [6.45, 7) is 6.60. The lowest BCUT2D eigenvalue weighted by atomic mass is 9.93. The van der Waals surface area contributed by atoms with E-state index in [9.17, 15) is 4.79 Å². The van der Waals surface area contributed by atoms with Crippen LogP contribution in [0.3, 0.4) is 0 Å². The summed E-state index contributed by atoms with van der Waals surface area (Å²) >= 11 is 0. The molecule has 0 spiro atoms. The van der Waals surface area contributed by atoms with Gasteiger partial charge in [0, 0.05) is 31.9 Å². The van der Waals surface area contributed by atoms with E-state index in [4.69, 9.17) is 9.47 Å². The van der Waals surface area contributed by atoms with Crippen LogP contribution in [0.2, 0.25) is 0 Å². The number of aromatic nitrogens is 1. The third-order valence-electron chi connectivity index (χ3n) is 3.86. The molecule has 1 fully saturated rings. The minimum absolute atomic E-state index is 0.0133. The van der Waals surface area contributed by atoms with Crippen LogP contribution in [0.5, 0.6) is 0 Å². The quantitative estimate of drug-likeness (QED) is 0.742. The van der Waals surface area contributed by atoms with Gasteiger partial charge in [-0.3, -0.25) is 4.90 Å². The Morgan fingerprint density at radius 1 is 1.45 bits per heavy atom. The molecule has 1 saturated heterocycles. The van der Waals surface area contributed by atoms with Crippen molar-refractivity contribution < 1.29 is 14.3 Å². The summed E-state index contributed by atoms with van der Waals surface area (Å²) in [6, 6.07) is 5.21. The molecule has 1 aliphatic rings. The molecule has 0 aromatic carbocycles. The fourth-order valence-corrected chi connectivity index (χ4v) is 2.19. The van der Waals surface area contributed by atoms with E-state index in [1.165, 1.54) is 0 Å². The third-order valence-corrected chi connectivity index (χ3v) is 3.86. The van der Waals surface area contributed by atoms with Crippen LogP contribution in [0.25, 0.3) is 0 Å². The second kappa shape index (κ2) is 6.33. The molecule has 0 unspecified atom stereocenters. The van der Waals surface area contributed by atoms with E-state index in [0.29, 0.717) is 18.4 Å². The summed E-state index contributed by atoms with van der Waals surface area (Å²) in [5.41, 5.74) is 0.369. The predicted octanol–water partition coefficient (Wildman–Crippen LogP) is 1.74. The molecule has 1 aromatic heterocycles. The van der Waals surface area contributed by atoms with Gasteiger partial charge in [-0.05, 0) is 32.4 Å². The van der Waals surface area contributed by atoms with E-state index in [0.717, 1.165) is 19.5 Å². The molecule has 5 heteroatoms. The molecule has 0 N–H and O–H groups in total. The smallest absolute Gasteiger partial charge is 0.356 e. The van der Waals surface area contributed by atoms with E-state index in [-0.39, 0.29) is 11.5 Å². The highest BCUT2D eigenvalue weighted by atomic mass is 16.5. The minimum Gasteiger partial charge on any atom is -0.461 e. The highest BCUT2D eigenvalue weighted by molar-refractivity contribution is 5.87. The van der Waals surface area contributed by atoms with Gasteiger partial charge in [-0.15, -0.1) is 0 Å². The fraction of sp³-hybridized carbons (Fsp3) is 0.600. The monoisotopic (exact) mass is 278 g/mol. The molecule has 0 radical (unpaired) electrons. The summed E-state index contributed by atoms with van der Waals surface area (Å²) in [6.07, 6.45) is 2.72. The molecule has 2 heterocycles. The number of ether oxygens (including phenoxy) is 2. The van der Waals surface area contributed by atoms with Crippen LogP contribution in [-0.4, -0.2) is 54.3 Å². The molecule has 5 nitrogen and oxygen atoms in total. The van der Waals surface area contributed by atoms with Gasteiger partial charge < -0.3 is 9.47 Å². The van der Waals surface area contributed by atoms with Crippen LogP contribution in [0.15, 0.2) is 24.4 Å². The average Bonchev–Trinajstić information content (AvgIpc) is 2.38. The van der Waals surface area contributed by atoms with Crippen molar-refractivity contribution in [3.05, 3.63) is 30.1 Å². The van der Waals surface area contributed by atoms with Crippen molar-refractivity contribution in [2.45, 2.75) is 31.9 Å². The Morgan fingerprint density at radius 3 is 2.80 bits per heavy atom. The Hall–Kier alpha value is -1.46. The Balaban J connectivity index is 1.74. The molecule has 0 atom stereocenters. The largest absolute Gasteiger partial charge is 0.461 e. The van der Waals surface area contributed by atoms with Gasteiger partial charge in [0.25, 0.3) is 0 Å². The zero-order valence-corrected chi connectivity index (χ0v) is 12.3. The molecule has 110 valence electrons. The van der Waals surface area contributed by atoms with Crippen LogP contribution < -0.4 is 0 Å². The van der Waals surface area contributed by atoms with Gasteiger partial charge in [0.15, 0.2) is 0 Å². The first-order valence-corrected chi connectivity index (χ1v) is 6.89. The Bertz CT molecular complexity index is 442. The van der Waals surface area contributed by atoms with Crippen molar-refractivity contribution in [1.29, 1.82) is 0 Å².